The number of carbonyl (C=O) groups is 1. The fraction of sp³-hybridized carbons (Fsp3) is 0.944. The van der Waals surface area contributed by atoms with Gasteiger partial charge in [-0.1, -0.05) is 96.8 Å². The molecule has 0 saturated heterocycles. The summed E-state index contributed by atoms with van der Waals surface area (Å²) in [6.45, 7) is 2.27. The van der Waals surface area contributed by atoms with Crippen molar-refractivity contribution in [3.05, 3.63) is 0 Å². The Kier molecular flexibility index (Phi) is 30.0. The molecule has 0 aliphatic rings. The van der Waals surface area contributed by atoms with E-state index in [1.54, 1.807) is 0 Å². The van der Waals surface area contributed by atoms with Crippen molar-refractivity contribution in [2.45, 2.75) is 110 Å². The smallest absolute Gasteiger partial charge is 1.00 e. The van der Waals surface area contributed by atoms with E-state index in [2.05, 4.69) is 6.92 Å². The second kappa shape index (κ2) is 23.9. The van der Waals surface area contributed by atoms with Crippen molar-refractivity contribution in [1.82, 2.24) is 6.15 Å². The summed E-state index contributed by atoms with van der Waals surface area (Å²) in [5.74, 6) is -0.653. The molecule has 0 atom stereocenters. The average Bonchev–Trinajstić information content (AvgIpc) is 2.43. The van der Waals surface area contributed by atoms with Gasteiger partial charge in [0.15, 0.2) is 0 Å². The van der Waals surface area contributed by atoms with Gasteiger partial charge in [0.25, 0.3) is 0 Å². The van der Waals surface area contributed by atoms with Crippen molar-refractivity contribution in [2.24, 2.45) is 0 Å². The molecular weight excluding hydrogens is 302 g/mol. The first-order chi connectivity index (χ1) is 9.77. The first-order valence-corrected chi connectivity index (χ1v) is 8.99. The number of hydrogen-bond donors (Lipinski definition) is 2. The minimum absolute atomic E-state index is 0. The minimum Gasteiger partial charge on any atom is -1.00 e. The maximum atomic E-state index is 10.3. The molecule has 3 nitrogen and oxygen atoms in total. The second-order valence-corrected chi connectivity index (χ2v) is 6.09. The van der Waals surface area contributed by atoms with E-state index in [-0.39, 0.29) is 46.7 Å². The van der Waals surface area contributed by atoms with Gasteiger partial charge in [-0.15, -0.1) is 0 Å². The van der Waals surface area contributed by atoms with Crippen LogP contribution in [0.4, 0.5) is 0 Å². The molecule has 0 radical (unpaired) electrons. The van der Waals surface area contributed by atoms with Crippen LogP contribution in [0.2, 0.25) is 0 Å². The summed E-state index contributed by atoms with van der Waals surface area (Å²) < 4.78 is 0. The molecule has 0 fully saturated rings. The molecule has 132 valence electrons. The average molecular weight is 344 g/mol. The zero-order chi connectivity index (χ0) is 14.9. The van der Waals surface area contributed by atoms with Gasteiger partial charge in [0, 0.05) is 6.42 Å². The standard InChI is InChI=1S/C18H36O2.Ca.H3N.2H/c1-2-3-4-5-6-7-8-9-10-11-12-13-14-15-16-17-18(19)20;;;;/h2-17H2,1H3,(H,19,20);;1H3;;/q;+2;;2*-1. The maximum Gasteiger partial charge on any atom is 2.00 e. The Morgan fingerprint density at radius 1 is 0.682 bits per heavy atom. The monoisotopic (exact) mass is 343 g/mol. The number of aliphatic carboxylic acids is 1. The van der Waals surface area contributed by atoms with Crippen LogP contribution >= 0.6 is 0 Å². The van der Waals surface area contributed by atoms with Gasteiger partial charge in [0.2, 0.25) is 0 Å². The Labute approximate surface area is 171 Å². The molecule has 0 aliphatic heterocycles. The normalized spacial score (nSPS) is 9.86. The van der Waals surface area contributed by atoms with Gasteiger partial charge in [-0.25, -0.2) is 0 Å². The van der Waals surface area contributed by atoms with E-state index in [9.17, 15) is 4.79 Å². The van der Waals surface area contributed by atoms with E-state index in [0.717, 1.165) is 12.8 Å². The van der Waals surface area contributed by atoms with Crippen molar-refractivity contribution in [2.75, 3.05) is 0 Å². The summed E-state index contributed by atoms with van der Waals surface area (Å²) in [5.41, 5.74) is 0. The Hall–Kier alpha value is 0.690. The Morgan fingerprint density at radius 3 is 1.23 bits per heavy atom. The fourth-order valence-electron chi connectivity index (χ4n) is 2.65. The molecule has 0 rings (SSSR count). The molecule has 4 heteroatoms. The predicted molar refractivity (Wildman–Crippen MR) is 100 cm³/mol. The molecule has 0 aromatic heterocycles. The summed E-state index contributed by atoms with van der Waals surface area (Å²) in [7, 11) is 0. The topological polar surface area (TPSA) is 72.3 Å². The first-order valence-electron chi connectivity index (χ1n) is 8.99. The van der Waals surface area contributed by atoms with E-state index in [1.165, 1.54) is 83.5 Å². The number of carboxylic acids is 1. The largest absolute Gasteiger partial charge is 2.00 e. The van der Waals surface area contributed by atoms with Crippen molar-refractivity contribution >= 4 is 43.7 Å². The van der Waals surface area contributed by atoms with Gasteiger partial charge in [-0.2, -0.15) is 0 Å². The van der Waals surface area contributed by atoms with Crippen LogP contribution in [0.3, 0.4) is 0 Å². The molecule has 0 saturated carbocycles. The Bertz CT molecular complexity index is 223. The Balaban J connectivity index is -0.000000301. The number of rotatable bonds is 16. The predicted octanol–water partition coefficient (Wildman–Crippen LogP) is 6.34. The summed E-state index contributed by atoms with van der Waals surface area (Å²) >= 11 is 0. The molecular formula is C18H41CaNO2. The Morgan fingerprint density at radius 2 is 0.955 bits per heavy atom. The summed E-state index contributed by atoms with van der Waals surface area (Å²) in [6, 6.07) is 0. The number of hydrogen-bond acceptors (Lipinski definition) is 2. The zero-order valence-corrected chi connectivity index (χ0v) is 17.3. The summed E-state index contributed by atoms with van der Waals surface area (Å²) in [6.07, 6.45) is 20.2. The third kappa shape index (κ3) is 25.6. The van der Waals surface area contributed by atoms with Crippen LogP contribution in [-0.4, -0.2) is 48.8 Å². The van der Waals surface area contributed by atoms with Crippen LogP contribution in [0.25, 0.3) is 0 Å². The minimum atomic E-state index is -0.653. The molecule has 0 heterocycles. The molecule has 0 spiro atoms. The number of carboxylic acid groups (broad SMARTS) is 1. The van der Waals surface area contributed by atoms with Crippen LogP contribution in [0, 0.1) is 0 Å². The van der Waals surface area contributed by atoms with E-state index < -0.39 is 5.97 Å². The van der Waals surface area contributed by atoms with Crippen molar-refractivity contribution < 1.29 is 12.8 Å². The first kappa shape index (κ1) is 27.5. The molecule has 0 unspecified atom stereocenters. The van der Waals surface area contributed by atoms with Crippen molar-refractivity contribution in [3.8, 4) is 0 Å². The van der Waals surface area contributed by atoms with Gasteiger partial charge in [0.1, 0.15) is 0 Å². The van der Waals surface area contributed by atoms with Crippen LogP contribution < -0.4 is 6.15 Å². The van der Waals surface area contributed by atoms with Gasteiger partial charge in [0.05, 0.1) is 0 Å². The quantitative estimate of drug-likeness (QED) is 0.254. The molecule has 4 N–H and O–H groups in total. The van der Waals surface area contributed by atoms with Crippen LogP contribution in [0.1, 0.15) is 113 Å². The van der Waals surface area contributed by atoms with Gasteiger partial charge in [-0.05, 0) is 6.42 Å². The molecule has 0 bridgehead atoms. The maximum absolute atomic E-state index is 10.3. The molecule has 22 heavy (non-hydrogen) atoms. The van der Waals surface area contributed by atoms with Gasteiger partial charge in [-0.3, -0.25) is 4.79 Å². The van der Waals surface area contributed by atoms with Crippen molar-refractivity contribution in [3.63, 3.8) is 0 Å². The summed E-state index contributed by atoms with van der Waals surface area (Å²) in [5, 5.41) is 8.52. The third-order valence-corrected chi connectivity index (χ3v) is 3.99. The summed E-state index contributed by atoms with van der Waals surface area (Å²) in [4.78, 5) is 10.3. The number of unbranched alkanes of at least 4 members (excludes halogenated alkanes) is 14. The molecule has 0 aromatic carbocycles. The van der Waals surface area contributed by atoms with Crippen LogP contribution in [0.5, 0.6) is 0 Å². The molecule has 0 aliphatic carbocycles. The van der Waals surface area contributed by atoms with Crippen LogP contribution in [-0.2, 0) is 4.79 Å². The SMILES string of the molecule is CCCCCCCCCCCCCCCCCC(=O)O.N.[Ca+2].[H-].[H-]. The van der Waals surface area contributed by atoms with E-state index in [1.807, 2.05) is 0 Å². The van der Waals surface area contributed by atoms with Gasteiger partial charge < -0.3 is 14.1 Å². The van der Waals surface area contributed by atoms with Gasteiger partial charge >= 0.3 is 43.7 Å². The second-order valence-electron chi connectivity index (χ2n) is 6.09. The third-order valence-electron chi connectivity index (χ3n) is 3.99. The molecule has 0 aromatic rings. The zero-order valence-electron chi connectivity index (χ0n) is 17.1. The molecule has 0 amide bonds. The fourth-order valence-corrected chi connectivity index (χ4v) is 2.65. The van der Waals surface area contributed by atoms with E-state index >= 15 is 0 Å². The van der Waals surface area contributed by atoms with Crippen LogP contribution in [0.15, 0.2) is 0 Å². The van der Waals surface area contributed by atoms with E-state index in [4.69, 9.17) is 5.11 Å². The van der Waals surface area contributed by atoms with E-state index in [0.29, 0.717) is 6.42 Å². The van der Waals surface area contributed by atoms with Crippen molar-refractivity contribution in [1.29, 1.82) is 0 Å².